The number of allylic oxidation sites excluding steroid dienone is 32. The van der Waals surface area contributed by atoms with Gasteiger partial charge in [-0.1, -0.05) is 286 Å². The second-order valence-corrected chi connectivity index (χ2v) is 28.7. The van der Waals surface area contributed by atoms with Gasteiger partial charge in [-0.3, -0.25) is 32.5 Å². The molecule has 16 nitrogen and oxygen atoms in total. The van der Waals surface area contributed by atoms with Gasteiger partial charge in [-0.2, -0.15) is 0 Å². The summed E-state index contributed by atoms with van der Waals surface area (Å²) in [5.74, 6) is -1.65. The van der Waals surface area contributed by atoms with Crippen LogP contribution in [0.15, 0.2) is 194 Å². The predicted molar refractivity (Wildman–Crippen MR) is 435 cm³/mol. The molecular formula is C87H140O16P2. The summed E-state index contributed by atoms with van der Waals surface area (Å²) in [6.45, 7) is 2.33. The number of carbonyl (C=O) groups excluding carboxylic acids is 3. The van der Waals surface area contributed by atoms with Crippen LogP contribution in [0.1, 0.15) is 278 Å². The Morgan fingerprint density at radius 3 is 0.800 bits per heavy atom. The number of phosphoric acid groups is 2. The van der Waals surface area contributed by atoms with Crippen LogP contribution in [0, 0.1) is 0 Å². The van der Waals surface area contributed by atoms with Crippen LogP contribution < -0.4 is 0 Å². The number of aliphatic hydroxyl groups excluding tert-OH is 2. The van der Waals surface area contributed by atoms with E-state index >= 15 is 0 Å². The average Bonchev–Trinajstić information content (AvgIpc) is 0.963. The maximum absolute atomic E-state index is 13.0. The highest BCUT2D eigenvalue weighted by molar-refractivity contribution is 7.47. The molecule has 0 fully saturated rings. The number of carbonyl (C=O) groups is 3. The van der Waals surface area contributed by atoms with Gasteiger partial charge in [0.2, 0.25) is 0 Å². The minimum Gasteiger partial charge on any atom is -0.463 e. The van der Waals surface area contributed by atoms with Gasteiger partial charge in [0.1, 0.15) is 25.4 Å². The zero-order valence-corrected chi connectivity index (χ0v) is 66.6. The molecule has 0 aromatic carbocycles. The molecule has 4 N–H and O–H groups in total. The Morgan fingerprint density at radius 1 is 0.276 bits per heavy atom. The number of phosphoric ester groups is 2. The summed E-state index contributed by atoms with van der Waals surface area (Å²) in [7, 11) is -9.83. The Morgan fingerprint density at radius 2 is 0.505 bits per heavy atom. The Balaban J connectivity index is 4.78. The molecule has 0 saturated heterocycles. The van der Waals surface area contributed by atoms with Crippen LogP contribution in [0.4, 0.5) is 0 Å². The fraction of sp³-hybridized carbons (Fsp3) is 0.598. The summed E-state index contributed by atoms with van der Waals surface area (Å²) in [6, 6.07) is 0. The van der Waals surface area contributed by atoms with Crippen LogP contribution >= 0.6 is 15.6 Å². The normalized spacial score (nSPS) is 15.0. The van der Waals surface area contributed by atoms with Crippen LogP contribution in [-0.4, -0.2) is 95.9 Å². The Bertz CT molecular complexity index is 2690. The molecule has 594 valence electrons. The maximum Gasteiger partial charge on any atom is 0.472 e. The first kappa shape index (κ1) is 99.4. The monoisotopic (exact) mass is 1500 g/mol. The molecule has 5 atom stereocenters. The van der Waals surface area contributed by atoms with E-state index in [1.165, 1.54) is 19.3 Å². The molecule has 0 aromatic rings. The van der Waals surface area contributed by atoms with Gasteiger partial charge in [-0.25, -0.2) is 9.13 Å². The molecule has 5 unspecified atom stereocenters. The van der Waals surface area contributed by atoms with Crippen molar-refractivity contribution in [3.8, 4) is 0 Å². The van der Waals surface area contributed by atoms with Crippen molar-refractivity contribution in [2.75, 3.05) is 39.6 Å². The van der Waals surface area contributed by atoms with E-state index in [1.807, 2.05) is 0 Å². The van der Waals surface area contributed by atoms with Crippen molar-refractivity contribution in [3.05, 3.63) is 194 Å². The van der Waals surface area contributed by atoms with Crippen molar-refractivity contribution in [2.24, 2.45) is 0 Å². The molecule has 0 heterocycles. The van der Waals surface area contributed by atoms with E-state index in [1.54, 1.807) is 0 Å². The number of unbranched alkanes of at least 4 members (excludes halogenated alkanes) is 18. The van der Waals surface area contributed by atoms with Crippen molar-refractivity contribution in [1.29, 1.82) is 0 Å². The quantitative estimate of drug-likeness (QED) is 0.0146. The first-order valence-corrected chi connectivity index (χ1v) is 42.7. The van der Waals surface area contributed by atoms with E-state index in [4.69, 9.17) is 32.3 Å². The smallest absolute Gasteiger partial charge is 0.463 e. The van der Waals surface area contributed by atoms with Crippen molar-refractivity contribution >= 4 is 33.6 Å². The molecule has 0 radical (unpaired) electrons. The third kappa shape index (κ3) is 79.3. The van der Waals surface area contributed by atoms with Crippen molar-refractivity contribution < 1.29 is 75.8 Å². The summed E-state index contributed by atoms with van der Waals surface area (Å²) >= 11 is 0. The number of esters is 3. The fourth-order valence-corrected chi connectivity index (χ4v) is 11.4. The maximum atomic E-state index is 13.0. The molecular weight excluding hydrogens is 1360 g/mol. The lowest BCUT2D eigenvalue weighted by atomic mass is 10.1. The van der Waals surface area contributed by atoms with E-state index in [-0.39, 0.29) is 19.3 Å². The summed E-state index contributed by atoms with van der Waals surface area (Å²) in [5.41, 5.74) is 0. The molecule has 0 aliphatic rings. The van der Waals surface area contributed by atoms with E-state index in [0.717, 1.165) is 199 Å². The Kier molecular flexibility index (Phi) is 73.8. The van der Waals surface area contributed by atoms with E-state index in [2.05, 4.69) is 215 Å². The lowest BCUT2D eigenvalue weighted by molar-refractivity contribution is -0.161. The minimum absolute atomic E-state index is 0.0688. The molecule has 18 heteroatoms. The number of hydrogen-bond acceptors (Lipinski definition) is 14. The van der Waals surface area contributed by atoms with E-state index in [0.29, 0.717) is 19.3 Å². The van der Waals surface area contributed by atoms with Gasteiger partial charge in [-0.15, -0.1) is 0 Å². The molecule has 105 heavy (non-hydrogen) atoms. The third-order valence-corrected chi connectivity index (χ3v) is 17.7. The lowest BCUT2D eigenvalue weighted by Gasteiger charge is -2.21. The minimum atomic E-state index is -4.96. The fourth-order valence-electron chi connectivity index (χ4n) is 9.79. The second-order valence-electron chi connectivity index (χ2n) is 25.7. The van der Waals surface area contributed by atoms with Crippen LogP contribution in [0.5, 0.6) is 0 Å². The number of ether oxygens (including phenoxy) is 3. The first-order valence-electron chi connectivity index (χ1n) is 39.7. The zero-order valence-electron chi connectivity index (χ0n) is 64.8. The molecule has 0 aromatic heterocycles. The van der Waals surface area contributed by atoms with Crippen LogP contribution in [-0.2, 0) is 55.8 Å². The standard InChI is InChI=1S/C87H140O16P2/c1-4-7-10-13-16-19-22-25-28-31-34-37-39-40-42-45-46-49-52-55-58-61-64-67-70-73-85(90)97-76-82(88)77-99-104(93,94)100-78-83(89)79-101-105(95,96)102-81-84(103-87(92)75-72-69-66-63-60-57-54-51-48-43-36-33-30-27-24-21-18-15-12-9-6-3)80-98-86(91)74-71-68-65-62-59-56-53-50-47-44-41-38-35-32-29-26-23-20-17-14-11-8-5-2/h7-8,10-11,16-21,25-30,34-38,40,42-44,46-47,49,51,53-54,56,82-84,88-89H,4-6,9,12-15,22-24,31-33,39,41,45,48,50,52,55,57-81H2,1-3H3,(H,93,94)(H,95,96)/b10-7-,11-8-,19-16-,20-17-,21-18-,28-25-,29-26-,30-27-,37-34-,38-35-,42-40-,43-36-,47-44-,49-46-,54-51-,56-53-. The number of hydrogen-bond donors (Lipinski definition) is 4. The molecule has 0 amide bonds. The highest BCUT2D eigenvalue weighted by Gasteiger charge is 2.29. The largest absolute Gasteiger partial charge is 0.472 e. The summed E-state index contributed by atoms with van der Waals surface area (Å²) in [6.07, 6.45) is 102. The topological polar surface area (TPSA) is 231 Å². The third-order valence-electron chi connectivity index (χ3n) is 15.8. The zero-order chi connectivity index (χ0) is 76.6. The van der Waals surface area contributed by atoms with Gasteiger partial charge >= 0.3 is 33.6 Å². The predicted octanol–water partition coefficient (Wildman–Crippen LogP) is 23.5. The summed E-state index contributed by atoms with van der Waals surface area (Å²) < 4.78 is 61.2. The van der Waals surface area contributed by atoms with Gasteiger partial charge in [0, 0.05) is 19.3 Å². The van der Waals surface area contributed by atoms with Crippen LogP contribution in [0.25, 0.3) is 0 Å². The second kappa shape index (κ2) is 78.0. The van der Waals surface area contributed by atoms with Crippen LogP contribution in [0.3, 0.4) is 0 Å². The van der Waals surface area contributed by atoms with Gasteiger partial charge in [-0.05, 0) is 167 Å². The van der Waals surface area contributed by atoms with Crippen LogP contribution in [0.2, 0.25) is 0 Å². The van der Waals surface area contributed by atoms with Crippen molar-refractivity contribution in [1.82, 2.24) is 0 Å². The van der Waals surface area contributed by atoms with Gasteiger partial charge in [0.15, 0.2) is 6.10 Å². The van der Waals surface area contributed by atoms with Crippen molar-refractivity contribution in [3.63, 3.8) is 0 Å². The lowest BCUT2D eigenvalue weighted by Crippen LogP contribution is -2.30. The molecule has 0 aliphatic heterocycles. The molecule has 0 aliphatic carbocycles. The SMILES string of the molecule is CC/C=C\C/C=C\C/C=C\C/C=C\C/C=C\C/C=C\CCCCCCCCC(=O)OCC(O)COP(=O)(O)OCC(O)COP(=O)(O)OCC(COC(=O)CCCCCC/C=C\C/C=C\C/C=C\C/C=C\C/C=C\C/C=C\CC)OC(=O)CCCCCCC/C=C\C/C=C\C/C=C\C/C=C\CCCCC. The molecule has 0 spiro atoms. The summed E-state index contributed by atoms with van der Waals surface area (Å²) in [5, 5.41) is 20.7. The Labute approximate surface area is 636 Å². The molecule has 0 bridgehead atoms. The first-order chi connectivity index (χ1) is 51.2. The van der Waals surface area contributed by atoms with E-state index in [9.17, 15) is 43.5 Å². The average molecular weight is 1500 g/mol. The molecule has 0 saturated carbocycles. The summed E-state index contributed by atoms with van der Waals surface area (Å²) in [4.78, 5) is 58.7. The Hall–Kier alpha value is -5.61. The van der Waals surface area contributed by atoms with Crippen molar-refractivity contribution in [2.45, 2.75) is 296 Å². The highest BCUT2D eigenvalue weighted by atomic mass is 31.2. The molecule has 0 rings (SSSR count). The highest BCUT2D eigenvalue weighted by Crippen LogP contribution is 2.45. The number of rotatable bonds is 73. The number of aliphatic hydroxyl groups is 2. The van der Waals surface area contributed by atoms with Gasteiger partial charge < -0.3 is 34.2 Å². The van der Waals surface area contributed by atoms with Gasteiger partial charge in [0.25, 0.3) is 0 Å². The van der Waals surface area contributed by atoms with Gasteiger partial charge in [0.05, 0.1) is 26.4 Å². The van der Waals surface area contributed by atoms with E-state index < -0.39 is 91.5 Å².